The Hall–Kier alpha value is -2.56. The standard InChI is InChI=1S/C15H14FN3O/c1-9-18-13-4-3-12(7-14(13)19-9)17-8-10-6-11(16)2-5-15(10)20/h2-7,17,20H,8H2,1H3,(H,18,19). The summed E-state index contributed by atoms with van der Waals surface area (Å²) in [6.45, 7) is 2.25. The molecule has 2 aromatic carbocycles. The molecule has 1 aromatic heterocycles. The Morgan fingerprint density at radius 2 is 2.10 bits per heavy atom. The molecule has 0 aliphatic heterocycles. The van der Waals surface area contributed by atoms with E-state index >= 15 is 0 Å². The number of phenols is 1. The van der Waals surface area contributed by atoms with Gasteiger partial charge >= 0.3 is 0 Å². The Bertz CT molecular complexity index is 767. The lowest BCUT2D eigenvalue weighted by molar-refractivity contribution is 0.466. The number of rotatable bonds is 3. The second kappa shape index (κ2) is 4.85. The van der Waals surface area contributed by atoms with Gasteiger partial charge in [-0.1, -0.05) is 0 Å². The number of imidazole rings is 1. The first-order valence-electron chi connectivity index (χ1n) is 6.29. The predicted molar refractivity (Wildman–Crippen MR) is 76.2 cm³/mol. The molecule has 0 unspecified atom stereocenters. The first-order valence-corrected chi connectivity index (χ1v) is 6.29. The maximum Gasteiger partial charge on any atom is 0.123 e. The van der Waals surface area contributed by atoms with Gasteiger partial charge in [0, 0.05) is 17.8 Å². The van der Waals surface area contributed by atoms with Gasteiger partial charge in [-0.05, 0) is 43.3 Å². The van der Waals surface area contributed by atoms with Crippen LogP contribution < -0.4 is 5.32 Å². The van der Waals surface area contributed by atoms with Gasteiger partial charge in [-0.15, -0.1) is 0 Å². The van der Waals surface area contributed by atoms with E-state index in [2.05, 4.69) is 15.3 Å². The van der Waals surface area contributed by atoms with Crippen molar-refractivity contribution in [3.63, 3.8) is 0 Å². The Labute approximate surface area is 115 Å². The minimum atomic E-state index is -0.362. The van der Waals surface area contributed by atoms with Gasteiger partial charge < -0.3 is 15.4 Å². The Kier molecular flexibility index (Phi) is 3.02. The third-order valence-corrected chi connectivity index (χ3v) is 3.12. The first-order chi connectivity index (χ1) is 9.61. The highest BCUT2D eigenvalue weighted by Gasteiger charge is 2.04. The first kappa shape index (κ1) is 12.5. The van der Waals surface area contributed by atoms with Crippen LogP contribution in [0.15, 0.2) is 36.4 Å². The molecular weight excluding hydrogens is 257 g/mol. The highest BCUT2D eigenvalue weighted by molar-refractivity contribution is 5.79. The summed E-state index contributed by atoms with van der Waals surface area (Å²) >= 11 is 0. The van der Waals surface area contributed by atoms with Gasteiger partial charge in [0.15, 0.2) is 0 Å². The zero-order chi connectivity index (χ0) is 14.1. The molecule has 5 heteroatoms. The van der Waals surface area contributed by atoms with Crippen molar-refractivity contribution >= 4 is 16.7 Å². The number of benzene rings is 2. The summed E-state index contributed by atoms with van der Waals surface area (Å²) < 4.78 is 13.1. The van der Waals surface area contributed by atoms with E-state index in [-0.39, 0.29) is 11.6 Å². The smallest absolute Gasteiger partial charge is 0.123 e. The van der Waals surface area contributed by atoms with E-state index in [1.165, 1.54) is 18.2 Å². The summed E-state index contributed by atoms with van der Waals surface area (Å²) in [5, 5.41) is 12.8. The summed E-state index contributed by atoms with van der Waals surface area (Å²) in [6, 6.07) is 9.66. The highest BCUT2D eigenvalue weighted by Crippen LogP contribution is 2.21. The molecule has 102 valence electrons. The number of nitrogens with one attached hydrogen (secondary N) is 2. The molecule has 0 aliphatic rings. The number of halogens is 1. The van der Waals surface area contributed by atoms with Crippen molar-refractivity contribution in [2.24, 2.45) is 0 Å². The van der Waals surface area contributed by atoms with Crippen LogP contribution in [0.5, 0.6) is 5.75 Å². The number of aromatic hydroxyl groups is 1. The molecule has 20 heavy (non-hydrogen) atoms. The molecule has 0 fully saturated rings. The van der Waals surface area contributed by atoms with Crippen molar-refractivity contribution in [1.82, 2.24) is 9.97 Å². The van der Waals surface area contributed by atoms with E-state index in [0.29, 0.717) is 12.1 Å². The van der Waals surface area contributed by atoms with Crippen LogP contribution in [-0.4, -0.2) is 15.1 Å². The van der Waals surface area contributed by atoms with Gasteiger partial charge in [0.25, 0.3) is 0 Å². The van der Waals surface area contributed by atoms with E-state index in [9.17, 15) is 9.50 Å². The minimum Gasteiger partial charge on any atom is -0.508 e. The molecule has 0 aliphatic carbocycles. The number of aromatic amines is 1. The van der Waals surface area contributed by atoms with Gasteiger partial charge in [-0.25, -0.2) is 9.37 Å². The third kappa shape index (κ3) is 2.42. The number of fused-ring (bicyclic) bond motifs is 1. The molecule has 0 bridgehead atoms. The van der Waals surface area contributed by atoms with Crippen molar-refractivity contribution in [2.75, 3.05) is 5.32 Å². The maximum absolute atomic E-state index is 13.1. The molecule has 3 aromatic rings. The van der Waals surface area contributed by atoms with E-state index in [1.54, 1.807) is 0 Å². The van der Waals surface area contributed by atoms with E-state index in [4.69, 9.17) is 0 Å². The average Bonchev–Trinajstić information content (AvgIpc) is 2.79. The molecule has 4 nitrogen and oxygen atoms in total. The average molecular weight is 271 g/mol. The Balaban J connectivity index is 1.80. The quantitative estimate of drug-likeness (QED) is 0.684. The molecule has 1 heterocycles. The predicted octanol–water partition coefficient (Wildman–Crippen LogP) is 3.33. The lowest BCUT2D eigenvalue weighted by atomic mass is 10.2. The van der Waals surface area contributed by atoms with Gasteiger partial charge in [0.05, 0.1) is 11.0 Å². The van der Waals surface area contributed by atoms with Gasteiger partial charge in [0.2, 0.25) is 0 Å². The summed E-state index contributed by atoms with van der Waals surface area (Å²) in [6.07, 6.45) is 0. The molecule has 0 saturated heterocycles. The summed E-state index contributed by atoms with van der Waals surface area (Å²) in [4.78, 5) is 7.48. The number of hydrogen-bond donors (Lipinski definition) is 3. The summed E-state index contributed by atoms with van der Waals surface area (Å²) in [5.74, 6) is 0.580. The zero-order valence-corrected chi connectivity index (χ0v) is 10.9. The molecular formula is C15H14FN3O. The number of aromatic nitrogens is 2. The highest BCUT2D eigenvalue weighted by atomic mass is 19.1. The lowest BCUT2D eigenvalue weighted by Crippen LogP contribution is -2.00. The second-order valence-electron chi connectivity index (χ2n) is 4.68. The number of nitrogens with zero attached hydrogens (tertiary/aromatic N) is 1. The molecule has 3 rings (SSSR count). The fourth-order valence-electron chi connectivity index (χ4n) is 2.14. The minimum absolute atomic E-state index is 0.0809. The molecule has 0 amide bonds. The van der Waals surface area contributed by atoms with Crippen molar-refractivity contribution in [3.8, 4) is 5.75 Å². The molecule has 3 N–H and O–H groups in total. The van der Waals surface area contributed by atoms with Crippen molar-refractivity contribution < 1.29 is 9.50 Å². The van der Waals surface area contributed by atoms with E-state index < -0.39 is 0 Å². The monoisotopic (exact) mass is 271 g/mol. The number of aryl methyl sites for hydroxylation is 1. The van der Waals surface area contributed by atoms with Crippen LogP contribution in [0.25, 0.3) is 11.0 Å². The van der Waals surface area contributed by atoms with Gasteiger partial charge in [0.1, 0.15) is 17.4 Å². The SMILES string of the molecule is Cc1nc2ccc(NCc3cc(F)ccc3O)cc2[nH]1. The van der Waals surface area contributed by atoms with Crippen LogP contribution in [0, 0.1) is 12.7 Å². The number of H-pyrrole nitrogens is 1. The van der Waals surface area contributed by atoms with Crippen LogP contribution >= 0.6 is 0 Å². The summed E-state index contributed by atoms with van der Waals surface area (Å²) in [5.41, 5.74) is 3.24. The van der Waals surface area contributed by atoms with Crippen LogP contribution in [0.4, 0.5) is 10.1 Å². The fourth-order valence-corrected chi connectivity index (χ4v) is 2.14. The summed E-state index contributed by atoms with van der Waals surface area (Å²) in [7, 11) is 0. The molecule has 0 radical (unpaired) electrons. The van der Waals surface area contributed by atoms with Crippen molar-refractivity contribution in [3.05, 3.63) is 53.6 Å². The molecule has 0 atom stereocenters. The maximum atomic E-state index is 13.1. The number of hydrogen-bond acceptors (Lipinski definition) is 3. The van der Waals surface area contributed by atoms with Crippen LogP contribution in [0.2, 0.25) is 0 Å². The number of anilines is 1. The van der Waals surface area contributed by atoms with Gasteiger partial charge in [-0.3, -0.25) is 0 Å². The van der Waals surface area contributed by atoms with Crippen molar-refractivity contribution in [2.45, 2.75) is 13.5 Å². The Morgan fingerprint density at radius 1 is 1.25 bits per heavy atom. The topological polar surface area (TPSA) is 60.9 Å². The zero-order valence-electron chi connectivity index (χ0n) is 10.9. The van der Waals surface area contributed by atoms with Gasteiger partial charge in [-0.2, -0.15) is 0 Å². The lowest BCUT2D eigenvalue weighted by Gasteiger charge is -2.08. The van der Waals surface area contributed by atoms with Crippen LogP contribution in [0.1, 0.15) is 11.4 Å². The van der Waals surface area contributed by atoms with Crippen LogP contribution in [-0.2, 0) is 6.54 Å². The normalized spacial score (nSPS) is 10.9. The van der Waals surface area contributed by atoms with Crippen LogP contribution in [0.3, 0.4) is 0 Å². The third-order valence-electron chi connectivity index (χ3n) is 3.12. The van der Waals surface area contributed by atoms with E-state index in [0.717, 1.165) is 22.5 Å². The fraction of sp³-hybridized carbons (Fsp3) is 0.133. The molecule has 0 saturated carbocycles. The van der Waals surface area contributed by atoms with Crippen molar-refractivity contribution in [1.29, 1.82) is 0 Å². The van der Waals surface area contributed by atoms with E-state index in [1.807, 2.05) is 25.1 Å². The second-order valence-corrected chi connectivity index (χ2v) is 4.68. The molecule has 0 spiro atoms. The number of phenolic OH excluding ortho intramolecular Hbond substituents is 1. The largest absolute Gasteiger partial charge is 0.508 e. The Morgan fingerprint density at radius 3 is 2.95 bits per heavy atom.